The Morgan fingerprint density at radius 1 is 1.16 bits per heavy atom. The molecule has 25 heavy (non-hydrogen) atoms. The number of pyridine rings is 1. The summed E-state index contributed by atoms with van der Waals surface area (Å²) in [5.74, 6) is 1.18. The zero-order chi connectivity index (χ0) is 17.5. The number of hydrogen-bond donors (Lipinski definition) is 1. The quantitative estimate of drug-likeness (QED) is 0.627. The third kappa shape index (κ3) is 4.71. The molecule has 0 aliphatic heterocycles. The van der Waals surface area contributed by atoms with Crippen molar-refractivity contribution in [2.24, 2.45) is 0 Å². The van der Waals surface area contributed by atoms with Gasteiger partial charge in [-0.2, -0.15) is 0 Å². The van der Waals surface area contributed by atoms with Crippen LogP contribution in [0, 0.1) is 0 Å². The summed E-state index contributed by atoms with van der Waals surface area (Å²) in [6, 6.07) is 13.0. The van der Waals surface area contributed by atoms with E-state index in [4.69, 9.17) is 21.1 Å². The molecule has 0 atom stereocenters. The minimum atomic E-state index is 0.366. The summed E-state index contributed by atoms with van der Waals surface area (Å²) in [6.07, 6.45) is 3.56. The highest BCUT2D eigenvalue weighted by Crippen LogP contribution is 2.27. The number of benzene rings is 1. The second-order valence-corrected chi connectivity index (χ2v) is 5.68. The largest absolute Gasteiger partial charge is 0.486 e. The lowest BCUT2D eigenvalue weighted by atomic mass is 10.3. The van der Waals surface area contributed by atoms with Crippen LogP contribution in [0.15, 0.2) is 54.9 Å². The average Bonchev–Trinajstić information content (AvgIpc) is 3.11. The number of hydrogen-bond acceptors (Lipinski definition) is 5. The number of ether oxygens (including phenoxy) is 2. The van der Waals surface area contributed by atoms with Crippen LogP contribution in [0.4, 0.5) is 0 Å². The highest BCUT2D eigenvalue weighted by Gasteiger charge is 2.07. The second-order valence-electron chi connectivity index (χ2n) is 5.28. The molecule has 0 saturated heterocycles. The van der Waals surface area contributed by atoms with Crippen molar-refractivity contribution in [1.82, 2.24) is 20.1 Å². The third-order valence-electron chi connectivity index (χ3n) is 3.45. The highest BCUT2D eigenvalue weighted by atomic mass is 35.5. The number of halogens is 1. The Balaban J connectivity index is 1.65. The molecular formula is C18H19ClN4O2. The minimum Gasteiger partial charge on any atom is -0.486 e. The van der Waals surface area contributed by atoms with E-state index in [1.165, 1.54) is 0 Å². The van der Waals surface area contributed by atoms with Gasteiger partial charge in [-0.1, -0.05) is 17.7 Å². The van der Waals surface area contributed by atoms with Gasteiger partial charge in [0.2, 0.25) is 5.88 Å². The molecule has 0 amide bonds. The first-order valence-corrected chi connectivity index (χ1v) is 8.30. The Morgan fingerprint density at radius 2 is 2.08 bits per heavy atom. The molecule has 0 aliphatic carbocycles. The van der Waals surface area contributed by atoms with Gasteiger partial charge in [0.15, 0.2) is 0 Å². The maximum absolute atomic E-state index is 6.33. The Hall–Kier alpha value is -2.57. The molecule has 2 aromatic heterocycles. The first-order chi connectivity index (χ1) is 12.3. The Morgan fingerprint density at radius 3 is 2.84 bits per heavy atom. The number of likely N-dealkylation sites (N-methyl/N-ethyl adjacent to an activating group) is 1. The summed E-state index contributed by atoms with van der Waals surface area (Å²) in [6.45, 7) is 1.70. The molecule has 0 saturated carbocycles. The van der Waals surface area contributed by atoms with Crippen molar-refractivity contribution < 1.29 is 9.47 Å². The molecule has 0 unspecified atom stereocenters. The standard InChI is InChI=1S/C18H19ClN4O2/c1-20-9-11-24-18-7-10-23(22-18)15-5-6-17(16(19)12-15)25-13-14-4-2-3-8-21-14/h2-8,10,12,20H,9,11,13H2,1H3. The van der Waals surface area contributed by atoms with Crippen LogP contribution in [-0.2, 0) is 6.61 Å². The van der Waals surface area contributed by atoms with Gasteiger partial charge in [-0.15, -0.1) is 5.10 Å². The van der Waals surface area contributed by atoms with Crippen molar-refractivity contribution in [3.63, 3.8) is 0 Å². The van der Waals surface area contributed by atoms with E-state index in [0.29, 0.717) is 29.9 Å². The van der Waals surface area contributed by atoms with E-state index in [1.807, 2.05) is 49.6 Å². The van der Waals surface area contributed by atoms with E-state index < -0.39 is 0 Å². The highest BCUT2D eigenvalue weighted by molar-refractivity contribution is 6.32. The molecule has 7 heteroatoms. The Bertz CT molecular complexity index is 808. The molecule has 0 radical (unpaired) electrons. The third-order valence-corrected chi connectivity index (χ3v) is 3.74. The van der Waals surface area contributed by atoms with Crippen LogP contribution >= 0.6 is 11.6 Å². The molecule has 0 aliphatic rings. The average molecular weight is 359 g/mol. The monoisotopic (exact) mass is 358 g/mol. The van der Waals surface area contributed by atoms with Crippen molar-refractivity contribution in [2.45, 2.75) is 6.61 Å². The summed E-state index contributed by atoms with van der Waals surface area (Å²) in [5.41, 5.74) is 1.68. The maximum Gasteiger partial charge on any atom is 0.233 e. The van der Waals surface area contributed by atoms with E-state index in [9.17, 15) is 0 Å². The SMILES string of the molecule is CNCCOc1ccn(-c2ccc(OCc3ccccn3)c(Cl)c2)n1. The number of nitrogens with one attached hydrogen (secondary N) is 1. The van der Waals surface area contributed by atoms with E-state index in [2.05, 4.69) is 15.4 Å². The molecule has 1 aromatic carbocycles. The molecule has 6 nitrogen and oxygen atoms in total. The molecule has 0 spiro atoms. The fraction of sp³-hybridized carbons (Fsp3) is 0.222. The number of rotatable bonds is 8. The lowest BCUT2D eigenvalue weighted by Crippen LogP contribution is -2.16. The van der Waals surface area contributed by atoms with Crippen LogP contribution in [0.5, 0.6) is 11.6 Å². The predicted molar refractivity (Wildman–Crippen MR) is 96.6 cm³/mol. The predicted octanol–water partition coefficient (Wildman–Crippen LogP) is 3.10. The van der Waals surface area contributed by atoms with Crippen molar-refractivity contribution in [2.75, 3.05) is 20.2 Å². The molecule has 3 rings (SSSR count). The first-order valence-electron chi connectivity index (χ1n) is 7.92. The van der Waals surface area contributed by atoms with E-state index in [0.717, 1.165) is 17.9 Å². The van der Waals surface area contributed by atoms with Crippen LogP contribution in [0.1, 0.15) is 5.69 Å². The molecule has 2 heterocycles. The molecule has 0 fully saturated rings. The van der Waals surface area contributed by atoms with Crippen molar-refractivity contribution in [1.29, 1.82) is 0 Å². The number of nitrogens with zero attached hydrogens (tertiary/aromatic N) is 3. The fourth-order valence-corrected chi connectivity index (χ4v) is 2.40. The summed E-state index contributed by atoms with van der Waals surface area (Å²) in [4.78, 5) is 4.22. The molecular weight excluding hydrogens is 340 g/mol. The normalized spacial score (nSPS) is 10.6. The van der Waals surface area contributed by atoms with Crippen molar-refractivity contribution in [3.8, 4) is 17.3 Å². The van der Waals surface area contributed by atoms with Gasteiger partial charge in [-0.3, -0.25) is 4.98 Å². The van der Waals surface area contributed by atoms with Gasteiger partial charge in [0.1, 0.15) is 19.0 Å². The fourth-order valence-electron chi connectivity index (χ4n) is 2.17. The second kappa shape index (κ2) is 8.50. The Kier molecular flexibility index (Phi) is 5.87. The maximum atomic E-state index is 6.33. The summed E-state index contributed by atoms with van der Waals surface area (Å²) in [5, 5.41) is 7.91. The number of aromatic nitrogens is 3. The van der Waals surface area contributed by atoms with Crippen LogP contribution in [-0.4, -0.2) is 35.0 Å². The minimum absolute atomic E-state index is 0.366. The van der Waals surface area contributed by atoms with Crippen LogP contribution in [0.25, 0.3) is 5.69 Å². The van der Waals surface area contributed by atoms with E-state index in [1.54, 1.807) is 16.9 Å². The van der Waals surface area contributed by atoms with Gasteiger partial charge >= 0.3 is 0 Å². The van der Waals surface area contributed by atoms with E-state index >= 15 is 0 Å². The van der Waals surface area contributed by atoms with Gasteiger partial charge in [-0.05, 0) is 37.4 Å². The topological polar surface area (TPSA) is 61.2 Å². The van der Waals surface area contributed by atoms with Crippen molar-refractivity contribution >= 4 is 11.6 Å². The van der Waals surface area contributed by atoms with Gasteiger partial charge < -0.3 is 14.8 Å². The first kappa shape index (κ1) is 17.3. The van der Waals surface area contributed by atoms with Gasteiger partial charge in [0.05, 0.1) is 16.4 Å². The zero-order valence-electron chi connectivity index (χ0n) is 13.9. The summed E-state index contributed by atoms with van der Waals surface area (Å²) < 4.78 is 13.0. The lowest BCUT2D eigenvalue weighted by molar-refractivity contribution is 0.301. The van der Waals surface area contributed by atoms with Gasteiger partial charge in [-0.25, -0.2) is 4.68 Å². The molecule has 1 N–H and O–H groups in total. The molecule has 0 bridgehead atoms. The van der Waals surface area contributed by atoms with Crippen LogP contribution in [0.3, 0.4) is 0 Å². The van der Waals surface area contributed by atoms with Gasteiger partial charge in [0, 0.05) is 25.0 Å². The van der Waals surface area contributed by atoms with E-state index in [-0.39, 0.29) is 0 Å². The smallest absolute Gasteiger partial charge is 0.233 e. The molecule has 3 aromatic rings. The summed E-state index contributed by atoms with van der Waals surface area (Å²) in [7, 11) is 1.88. The van der Waals surface area contributed by atoms with Crippen LogP contribution < -0.4 is 14.8 Å². The van der Waals surface area contributed by atoms with Crippen molar-refractivity contribution in [3.05, 3.63) is 65.6 Å². The molecule has 130 valence electrons. The summed E-state index contributed by atoms with van der Waals surface area (Å²) >= 11 is 6.33. The van der Waals surface area contributed by atoms with Crippen LogP contribution in [0.2, 0.25) is 5.02 Å². The zero-order valence-corrected chi connectivity index (χ0v) is 14.6. The lowest BCUT2D eigenvalue weighted by Gasteiger charge is -2.09. The Labute approximate surface area is 151 Å². The van der Waals surface area contributed by atoms with Gasteiger partial charge in [0.25, 0.3) is 0 Å².